The van der Waals surface area contributed by atoms with Crippen molar-refractivity contribution in [3.05, 3.63) is 0 Å². The Morgan fingerprint density at radius 2 is 2.00 bits per heavy atom. The average Bonchev–Trinajstić information content (AvgIpc) is 2.10. The normalized spacial score (nSPS) is 20.2. The molecular weight excluding hydrogens is 231 g/mol. The van der Waals surface area contributed by atoms with Gasteiger partial charge in [-0.05, 0) is 18.8 Å². The van der Waals surface area contributed by atoms with Gasteiger partial charge in [-0.3, -0.25) is 4.99 Å². The van der Waals surface area contributed by atoms with Crippen LogP contribution in [0, 0.1) is 11.3 Å². The van der Waals surface area contributed by atoms with E-state index in [1.807, 2.05) is 13.8 Å². The molecule has 1 fully saturated rings. The molecule has 1 rings (SSSR count). The number of nitrogens with one attached hydrogen (secondary N) is 1. The molecule has 1 aliphatic carbocycles. The molecule has 0 aliphatic heterocycles. The van der Waals surface area contributed by atoms with E-state index in [1.165, 1.54) is 0 Å². The molecule has 0 heterocycles. The van der Waals surface area contributed by atoms with Crippen LogP contribution in [0.25, 0.3) is 0 Å². The largest absolute Gasteiger partial charge is 0.396 e. The molecule has 0 saturated heterocycles. The van der Waals surface area contributed by atoms with E-state index < -0.39 is 11.6 Å². The Morgan fingerprint density at radius 1 is 1.41 bits per heavy atom. The van der Waals surface area contributed by atoms with Crippen LogP contribution in [0.15, 0.2) is 4.99 Å². The number of halogens is 3. The Bertz CT molecular complexity index is 280. The molecule has 0 aromatic rings. The molecule has 17 heavy (non-hydrogen) atoms. The number of hydrogen-bond acceptors (Lipinski definition) is 1. The van der Waals surface area contributed by atoms with E-state index in [-0.39, 0.29) is 25.3 Å². The number of nitrogens with two attached hydrogens (primary N) is 1. The monoisotopic (exact) mass is 251 g/mol. The summed E-state index contributed by atoms with van der Waals surface area (Å²) in [6.45, 7) is 4.34. The SMILES string of the molecule is CC(C)CNC(N)=NCC1(C(F)(F)F)CCC1. The van der Waals surface area contributed by atoms with Crippen molar-refractivity contribution in [2.45, 2.75) is 39.3 Å². The van der Waals surface area contributed by atoms with Crippen molar-refractivity contribution in [3.8, 4) is 0 Å². The van der Waals surface area contributed by atoms with Gasteiger partial charge in [0.15, 0.2) is 5.96 Å². The predicted octanol–water partition coefficient (Wildman–Crippen LogP) is 2.28. The maximum Gasteiger partial charge on any atom is 0.396 e. The first-order chi connectivity index (χ1) is 7.77. The van der Waals surface area contributed by atoms with Crippen molar-refractivity contribution in [2.75, 3.05) is 13.1 Å². The van der Waals surface area contributed by atoms with Crippen molar-refractivity contribution in [2.24, 2.45) is 22.1 Å². The standard InChI is InChI=1S/C11H20F3N3/c1-8(2)6-16-9(15)17-7-10(4-3-5-10)11(12,13)14/h8H,3-7H2,1-2H3,(H3,15,16,17). The lowest BCUT2D eigenvalue weighted by atomic mass is 9.68. The van der Waals surface area contributed by atoms with E-state index in [4.69, 9.17) is 5.73 Å². The first-order valence-electron chi connectivity index (χ1n) is 5.87. The van der Waals surface area contributed by atoms with Crippen LogP contribution in [0.2, 0.25) is 0 Å². The highest BCUT2D eigenvalue weighted by molar-refractivity contribution is 5.77. The third kappa shape index (κ3) is 3.51. The molecule has 100 valence electrons. The maximum absolute atomic E-state index is 12.8. The predicted molar refractivity (Wildman–Crippen MR) is 61.7 cm³/mol. The number of hydrogen-bond donors (Lipinski definition) is 2. The Balaban J connectivity index is 2.50. The number of guanidine groups is 1. The molecule has 0 spiro atoms. The summed E-state index contributed by atoms with van der Waals surface area (Å²) in [5, 5.41) is 2.81. The van der Waals surface area contributed by atoms with Crippen LogP contribution in [-0.4, -0.2) is 25.2 Å². The van der Waals surface area contributed by atoms with Gasteiger partial charge >= 0.3 is 6.18 Å². The number of aliphatic imine (C=N–C) groups is 1. The summed E-state index contributed by atoms with van der Waals surface area (Å²) in [5.74, 6) is 0.484. The van der Waals surface area contributed by atoms with Gasteiger partial charge in [0.05, 0.1) is 12.0 Å². The fourth-order valence-corrected chi connectivity index (χ4v) is 1.74. The topological polar surface area (TPSA) is 50.4 Å². The molecule has 3 nitrogen and oxygen atoms in total. The minimum atomic E-state index is -4.17. The van der Waals surface area contributed by atoms with Crippen LogP contribution in [0.1, 0.15) is 33.1 Å². The zero-order valence-corrected chi connectivity index (χ0v) is 10.3. The lowest BCUT2D eigenvalue weighted by Gasteiger charge is -2.41. The third-order valence-electron chi connectivity index (χ3n) is 3.16. The van der Waals surface area contributed by atoms with E-state index in [2.05, 4.69) is 10.3 Å². The first kappa shape index (κ1) is 14.1. The molecular formula is C11H20F3N3. The van der Waals surface area contributed by atoms with Crippen molar-refractivity contribution >= 4 is 5.96 Å². The summed E-state index contributed by atoms with van der Waals surface area (Å²) in [6, 6.07) is 0. The second kappa shape index (κ2) is 5.14. The summed E-state index contributed by atoms with van der Waals surface area (Å²) in [7, 11) is 0. The highest BCUT2D eigenvalue weighted by Gasteiger charge is 2.58. The summed E-state index contributed by atoms with van der Waals surface area (Å²) < 4.78 is 38.4. The van der Waals surface area contributed by atoms with Gasteiger partial charge in [-0.1, -0.05) is 20.3 Å². The van der Waals surface area contributed by atoms with Crippen LogP contribution in [0.3, 0.4) is 0 Å². The van der Waals surface area contributed by atoms with Crippen LogP contribution < -0.4 is 11.1 Å². The quantitative estimate of drug-likeness (QED) is 0.595. The third-order valence-corrected chi connectivity index (χ3v) is 3.16. The van der Waals surface area contributed by atoms with E-state index in [1.54, 1.807) is 0 Å². The fourth-order valence-electron chi connectivity index (χ4n) is 1.74. The van der Waals surface area contributed by atoms with E-state index in [9.17, 15) is 13.2 Å². The highest BCUT2D eigenvalue weighted by Crippen LogP contribution is 2.53. The summed E-state index contributed by atoms with van der Waals surface area (Å²) in [4.78, 5) is 3.82. The van der Waals surface area contributed by atoms with E-state index in [0.29, 0.717) is 18.9 Å². The molecule has 0 aromatic heterocycles. The molecule has 3 N–H and O–H groups in total. The van der Waals surface area contributed by atoms with Crippen LogP contribution in [0.4, 0.5) is 13.2 Å². The molecule has 1 aliphatic rings. The van der Waals surface area contributed by atoms with Gasteiger partial charge in [0.25, 0.3) is 0 Å². The zero-order chi connectivity index (χ0) is 13.1. The summed E-state index contributed by atoms with van der Waals surface area (Å²) >= 11 is 0. The minimum Gasteiger partial charge on any atom is -0.370 e. The highest BCUT2D eigenvalue weighted by atomic mass is 19.4. The summed E-state index contributed by atoms with van der Waals surface area (Å²) in [5.41, 5.74) is 3.89. The molecule has 0 aromatic carbocycles. The molecule has 1 saturated carbocycles. The van der Waals surface area contributed by atoms with Gasteiger partial charge in [0.2, 0.25) is 0 Å². The molecule has 0 atom stereocenters. The fraction of sp³-hybridized carbons (Fsp3) is 0.909. The van der Waals surface area contributed by atoms with E-state index in [0.717, 1.165) is 0 Å². The number of alkyl halides is 3. The van der Waals surface area contributed by atoms with Crippen LogP contribution in [-0.2, 0) is 0 Å². The first-order valence-corrected chi connectivity index (χ1v) is 5.87. The van der Waals surface area contributed by atoms with Crippen LogP contribution >= 0.6 is 0 Å². The van der Waals surface area contributed by atoms with Crippen molar-refractivity contribution in [1.29, 1.82) is 0 Å². The lowest BCUT2D eigenvalue weighted by Crippen LogP contribution is -2.47. The lowest BCUT2D eigenvalue weighted by molar-refractivity contribution is -0.245. The van der Waals surface area contributed by atoms with Crippen molar-refractivity contribution in [3.63, 3.8) is 0 Å². The Kier molecular flexibility index (Phi) is 4.27. The Morgan fingerprint density at radius 3 is 2.35 bits per heavy atom. The summed E-state index contributed by atoms with van der Waals surface area (Å²) in [6.07, 6.45) is -3.23. The van der Waals surface area contributed by atoms with Gasteiger partial charge in [-0.25, -0.2) is 0 Å². The molecule has 0 bridgehead atoms. The average molecular weight is 251 g/mol. The minimum absolute atomic E-state index is 0.106. The van der Waals surface area contributed by atoms with Gasteiger partial charge in [-0.2, -0.15) is 13.2 Å². The van der Waals surface area contributed by atoms with Gasteiger partial charge in [0, 0.05) is 6.54 Å². The van der Waals surface area contributed by atoms with Crippen molar-refractivity contribution in [1.82, 2.24) is 5.32 Å². The molecule has 0 radical (unpaired) electrons. The van der Waals surface area contributed by atoms with Crippen molar-refractivity contribution < 1.29 is 13.2 Å². The maximum atomic E-state index is 12.8. The second-order valence-electron chi connectivity index (χ2n) is 5.11. The smallest absolute Gasteiger partial charge is 0.370 e. The molecule has 0 amide bonds. The van der Waals surface area contributed by atoms with Gasteiger partial charge in [-0.15, -0.1) is 0 Å². The second-order valence-corrected chi connectivity index (χ2v) is 5.11. The molecule has 6 heteroatoms. The number of nitrogens with zero attached hydrogens (tertiary/aromatic N) is 1. The van der Waals surface area contributed by atoms with Gasteiger partial charge < -0.3 is 11.1 Å². The Labute approximate surface area is 99.7 Å². The molecule has 0 unspecified atom stereocenters. The van der Waals surface area contributed by atoms with E-state index >= 15 is 0 Å². The zero-order valence-electron chi connectivity index (χ0n) is 10.3. The van der Waals surface area contributed by atoms with Crippen LogP contribution in [0.5, 0.6) is 0 Å². The Hall–Kier alpha value is -0.940. The number of rotatable bonds is 4. The van der Waals surface area contributed by atoms with Gasteiger partial charge in [0.1, 0.15) is 0 Å².